The average molecular weight is 483 g/mol. The topological polar surface area (TPSA) is 65.7 Å². The molecule has 4 aromatic rings. The molecule has 0 aliphatic carbocycles. The van der Waals surface area contributed by atoms with Crippen molar-refractivity contribution in [1.29, 1.82) is 0 Å². The van der Waals surface area contributed by atoms with Gasteiger partial charge in [0, 0.05) is 33.0 Å². The Morgan fingerprint density at radius 2 is 1.42 bits per heavy atom. The molecule has 0 saturated carbocycles. The van der Waals surface area contributed by atoms with Gasteiger partial charge in [-0.2, -0.15) is 0 Å². The number of furan rings is 1. The summed E-state index contributed by atoms with van der Waals surface area (Å²) in [4.78, 5) is 23.5. The highest BCUT2D eigenvalue weighted by Crippen LogP contribution is 2.39. The van der Waals surface area contributed by atoms with Crippen LogP contribution in [-0.4, -0.2) is 18.5 Å². The number of carbonyl (C=O) groups excluding carboxylic acids is 2. The lowest BCUT2D eigenvalue weighted by atomic mass is 9.96. The first-order valence-electron chi connectivity index (χ1n) is 11.9. The van der Waals surface area contributed by atoms with Gasteiger partial charge in [0.15, 0.2) is 0 Å². The fourth-order valence-corrected chi connectivity index (χ4v) is 4.18. The summed E-state index contributed by atoms with van der Waals surface area (Å²) in [6.45, 7) is 14.8. The average Bonchev–Trinajstić information content (AvgIpc) is 3.24. The highest BCUT2D eigenvalue weighted by atomic mass is 16.5. The molecule has 0 fully saturated rings. The van der Waals surface area contributed by atoms with Gasteiger partial charge in [0.2, 0.25) is 0 Å². The highest BCUT2D eigenvalue weighted by Gasteiger charge is 2.18. The molecule has 184 valence electrons. The van der Waals surface area contributed by atoms with Crippen LogP contribution in [0.5, 0.6) is 5.75 Å². The Balaban J connectivity index is 1.57. The molecule has 0 aliphatic rings. The Morgan fingerprint density at radius 3 is 2.06 bits per heavy atom. The Hall–Kier alpha value is -4.12. The molecule has 1 aromatic heterocycles. The quantitative estimate of drug-likeness (QED) is 0.113. The minimum Gasteiger partial charge on any atom is -0.462 e. The summed E-state index contributed by atoms with van der Waals surface area (Å²) in [6, 6.07) is 16.3. The molecule has 0 N–H and O–H groups in total. The number of ether oxygens (including phenoxy) is 2. The number of esters is 2. The van der Waals surface area contributed by atoms with Crippen LogP contribution in [0.25, 0.3) is 33.1 Å². The maximum atomic E-state index is 12.0. The predicted molar refractivity (Wildman–Crippen MR) is 143 cm³/mol. The van der Waals surface area contributed by atoms with E-state index in [1.54, 1.807) is 19.9 Å². The second-order valence-electron chi connectivity index (χ2n) is 9.17. The van der Waals surface area contributed by atoms with Gasteiger partial charge >= 0.3 is 11.9 Å². The number of aryl methyl sites for hydroxylation is 3. The molecular weight excluding hydrogens is 452 g/mol. The van der Waals surface area contributed by atoms with E-state index in [0.29, 0.717) is 29.1 Å². The first-order valence-corrected chi connectivity index (χ1v) is 11.9. The molecule has 0 atom stereocenters. The van der Waals surface area contributed by atoms with E-state index < -0.39 is 5.97 Å². The van der Waals surface area contributed by atoms with Crippen LogP contribution < -0.4 is 4.74 Å². The number of hydrogen-bond donors (Lipinski definition) is 0. The van der Waals surface area contributed by atoms with Crippen LogP contribution in [0, 0.1) is 13.8 Å². The molecule has 36 heavy (non-hydrogen) atoms. The molecule has 0 spiro atoms. The highest BCUT2D eigenvalue weighted by molar-refractivity contribution is 6.09. The third-order valence-electron chi connectivity index (χ3n) is 6.26. The summed E-state index contributed by atoms with van der Waals surface area (Å²) in [5, 5.41) is 2.00. The molecular formula is C31H30O5. The van der Waals surface area contributed by atoms with E-state index in [1.165, 1.54) is 5.56 Å². The van der Waals surface area contributed by atoms with Gasteiger partial charge in [0.25, 0.3) is 0 Å². The molecule has 0 bridgehead atoms. The van der Waals surface area contributed by atoms with Crippen LogP contribution in [0.15, 0.2) is 77.3 Å². The molecule has 5 nitrogen and oxygen atoms in total. The minimum absolute atomic E-state index is 0.344. The first-order chi connectivity index (χ1) is 17.2. The van der Waals surface area contributed by atoms with Gasteiger partial charge in [-0.15, -0.1) is 0 Å². The maximum absolute atomic E-state index is 12.0. The maximum Gasteiger partial charge on any atom is 0.338 e. The van der Waals surface area contributed by atoms with E-state index in [1.807, 2.05) is 13.0 Å². The number of hydrogen-bond acceptors (Lipinski definition) is 5. The van der Waals surface area contributed by atoms with Crippen LogP contribution in [0.4, 0.5) is 0 Å². The third kappa shape index (κ3) is 4.96. The van der Waals surface area contributed by atoms with E-state index in [2.05, 4.69) is 56.5 Å². The Labute approximate surface area is 211 Å². The summed E-state index contributed by atoms with van der Waals surface area (Å²) in [5.41, 5.74) is 7.47. The molecule has 0 amide bonds. The van der Waals surface area contributed by atoms with E-state index in [4.69, 9.17) is 13.9 Å². The number of rotatable bonds is 8. The van der Waals surface area contributed by atoms with Gasteiger partial charge in [-0.1, -0.05) is 43.5 Å². The van der Waals surface area contributed by atoms with Gasteiger partial charge in [-0.25, -0.2) is 9.59 Å². The second-order valence-corrected chi connectivity index (χ2v) is 9.17. The normalized spacial score (nSPS) is 11.0. The van der Waals surface area contributed by atoms with Gasteiger partial charge < -0.3 is 13.9 Å². The van der Waals surface area contributed by atoms with Crippen molar-refractivity contribution in [3.05, 3.63) is 89.5 Å². The fourth-order valence-electron chi connectivity index (χ4n) is 4.18. The van der Waals surface area contributed by atoms with Crippen molar-refractivity contribution in [1.82, 2.24) is 0 Å². The van der Waals surface area contributed by atoms with E-state index >= 15 is 0 Å². The summed E-state index contributed by atoms with van der Waals surface area (Å²) < 4.78 is 17.0. The Kier molecular flexibility index (Phi) is 7.11. The van der Waals surface area contributed by atoms with Crippen LogP contribution in [0.1, 0.15) is 37.0 Å². The SMILES string of the molecule is C=C(C)C(=O)OCCCc1ccc(-c2ccc3c(oc4c(C)c(OC(=O)C(=C)C)ccc43)c2C)cc1. The number of carbonyl (C=O) groups is 2. The molecule has 5 heteroatoms. The second kappa shape index (κ2) is 10.2. The van der Waals surface area contributed by atoms with Gasteiger partial charge in [-0.05, 0) is 75.4 Å². The monoisotopic (exact) mass is 482 g/mol. The van der Waals surface area contributed by atoms with Crippen molar-refractivity contribution in [3.8, 4) is 16.9 Å². The van der Waals surface area contributed by atoms with Gasteiger partial charge in [0.05, 0.1) is 6.61 Å². The van der Waals surface area contributed by atoms with Crippen molar-refractivity contribution in [3.63, 3.8) is 0 Å². The molecule has 0 radical (unpaired) electrons. The van der Waals surface area contributed by atoms with Crippen LogP contribution in [0.3, 0.4) is 0 Å². The third-order valence-corrected chi connectivity index (χ3v) is 6.26. The molecule has 0 unspecified atom stereocenters. The largest absolute Gasteiger partial charge is 0.462 e. The Bertz CT molecular complexity index is 1500. The van der Waals surface area contributed by atoms with Crippen molar-refractivity contribution in [2.75, 3.05) is 6.61 Å². The van der Waals surface area contributed by atoms with Crippen molar-refractivity contribution < 1.29 is 23.5 Å². The first kappa shape index (κ1) is 25.0. The summed E-state index contributed by atoms with van der Waals surface area (Å²) in [7, 11) is 0. The molecule has 0 saturated heterocycles. The lowest BCUT2D eigenvalue weighted by Gasteiger charge is -2.09. The van der Waals surface area contributed by atoms with E-state index in [0.717, 1.165) is 51.5 Å². The lowest BCUT2D eigenvalue weighted by molar-refractivity contribution is -0.139. The van der Waals surface area contributed by atoms with E-state index in [9.17, 15) is 9.59 Å². The van der Waals surface area contributed by atoms with E-state index in [-0.39, 0.29) is 5.97 Å². The zero-order valence-corrected chi connectivity index (χ0v) is 21.2. The number of fused-ring (bicyclic) bond motifs is 3. The summed E-state index contributed by atoms with van der Waals surface area (Å²) in [5.74, 6) is -0.332. The van der Waals surface area contributed by atoms with Crippen molar-refractivity contribution in [2.45, 2.75) is 40.5 Å². The van der Waals surface area contributed by atoms with Crippen LogP contribution >= 0.6 is 0 Å². The van der Waals surface area contributed by atoms with Crippen LogP contribution in [-0.2, 0) is 20.7 Å². The van der Waals surface area contributed by atoms with Crippen molar-refractivity contribution in [2.24, 2.45) is 0 Å². The predicted octanol–water partition coefficient (Wildman–Crippen LogP) is 7.40. The molecule has 1 heterocycles. The minimum atomic E-state index is -0.455. The molecule has 4 rings (SSSR count). The van der Waals surface area contributed by atoms with Crippen molar-refractivity contribution >= 4 is 33.9 Å². The molecule has 3 aromatic carbocycles. The summed E-state index contributed by atoms with van der Waals surface area (Å²) >= 11 is 0. The zero-order valence-electron chi connectivity index (χ0n) is 21.2. The lowest BCUT2D eigenvalue weighted by Crippen LogP contribution is -2.08. The standard InChI is InChI=1S/C31H30O5/c1-18(2)30(32)34-17-7-8-22-9-11-23(12-10-22)24-13-14-25-26-15-16-27(35-31(33)19(3)4)21(6)29(26)36-28(25)20(24)5/h9-16H,1,3,7-8,17H2,2,4-6H3. The molecule has 0 aliphatic heterocycles. The smallest absolute Gasteiger partial charge is 0.338 e. The van der Waals surface area contributed by atoms with Gasteiger partial charge in [-0.3, -0.25) is 0 Å². The fraction of sp³-hybridized carbons (Fsp3) is 0.226. The number of benzene rings is 3. The van der Waals surface area contributed by atoms with Gasteiger partial charge in [0.1, 0.15) is 16.9 Å². The Morgan fingerprint density at radius 1 is 0.806 bits per heavy atom. The van der Waals surface area contributed by atoms with Crippen LogP contribution in [0.2, 0.25) is 0 Å². The zero-order chi connectivity index (χ0) is 26.0. The summed E-state index contributed by atoms with van der Waals surface area (Å²) in [6.07, 6.45) is 1.58.